The molecule has 1 fully saturated rings. The highest BCUT2D eigenvalue weighted by Gasteiger charge is 2.34. The molecule has 3 atom stereocenters. The molecular weight excluding hydrogens is 314 g/mol. The molecule has 1 aliphatic heterocycles. The Hall–Kier alpha value is -2.25. The van der Waals surface area contributed by atoms with E-state index >= 15 is 0 Å². The fraction of sp³-hybridized carbons (Fsp3) is 0.500. The Balaban J connectivity index is 1.59. The number of fused-ring (bicyclic) bond motifs is 1. The van der Waals surface area contributed by atoms with E-state index in [1.165, 1.54) is 11.3 Å². The van der Waals surface area contributed by atoms with Gasteiger partial charge in [0.2, 0.25) is 0 Å². The highest BCUT2D eigenvalue weighted by molar-refractivity contribution is 5.39. The maximum absolute atomic E-state index is 4.53. The quantitative estimate of drug-likeness (QED) is 0.781. The van der Waals surface area contributed by atoms with Crippen molar-refractivity contribution >= 4 is 5.65 Å². The Morgan fingerprint density at radius 2 is 2.08 bits per heavy atom. The number of aryl methyl sites for hydroxylation is 2. The van der Waals surface area contributed by atoms with Crippen molar-refractivity contribution in [2.24, 2.45) is 7.05 Å². The van der Waals surface area contributed by atoms with Gasteiger partial charge in [0, 0.05) is 73.6 Å². The largest absolute Gasteiger partial charge is 0.337 e. The van der Waals surface area contributed by atoms with E-state index < -0.39 is 0 Å². The normalized spacial score (nSPS) is 22.7. The van der Waals surface area contributed by atoms with Gasteiger partial charge in [-0.15, -0.1) is 0 Å². The molecular formula is C18H25N7. The number of nitrogens with one attached hydrogen (secondary N) is 1. The van der Waals surface area contributed by atoms with Crippen molar-refractivity contribution in [3.8, 4) is 0 Å². The van der Waals surface area contributed by atoms with Crippen LogP contribution >= 0.6 is 0 Å². The molecule has 1 unspecified atom stereocenters. The molecule has 7 nitrogen and oxygen atoms in total. The van der Waals surface area contributed by atoms with Gasteiger partial charge >= 0.3 is 0 Å². The lowest BCUT2D eigenvalue weighted by molar-refractivity contribution is 0.386. The number of nitrogens with zero attached hydrogens (tertiary/aromatic N) is 6. The van der Waals surface area contributed by atoms with Crippen LogP contribution in [0.3, 0.4) is 0 Å². The third-order valence-electron chi connectivity index (χ3n) is 5.36. The van der Waals surface area contributed by atoms with E-state index in [1.807, 2.05) is 29.3 Å². The smallest absolute Gasteiger partial charge is 0.155 e. The average Bonchev–Trinajstić information content (AvgIpc) is 3.28. The average molecular weight is 339 g/mol. The fourth-order valence-corrected chi connectivity index (χ4v) is 4.03. The summed E-state index contributed by atoms with van der Waals surface area (Å²) in [6, 6.07) is 2.51. The molecule has 1 aliphatic rings. The van der Waals surface area contributed by atoms with E-state index in [0.29, 0.717) is 12.0 Å². The summed E-state index contributed by atoms with van der Waals surface area (Å²) in [6.07, 6.45) is 7.64. The maximum Gasteiger partial charge on any atom is 0.155 e. The number of aromatic nitrogens is 5. The van der Waals surface area contributed by atoms with E-state index in [-0.39, 0.29) is 6.04 Å². The highest BCUT2D eigenvalue weighted by atomic mass is 15.3. The van der Waals surface area contributed by atoms with E-state index in [2.05, 4.69) is 57.8 Å². The summed E-state index contributed by atoms with van der Waals surface area (Å²) in [4.78, 5) is 11.2. The van der Waals surface area contributed by atoms with Gasteiger partial charge in [-0.25, -0.2) is 14.5 Å². The molecule has 4 rings (SSSR count). The zero-order chi connectivity index (χ0) is 17.6. The SMILES string of the molecule is Cc1c(C(C)N[C@@H]2CN(C)C[C@H]2c2cncn2C)cnc2ccnn12. The first-order valence-electron chi connectivity index (χ1n) is 8.74. The summed E-state index contributed by atoms with van der Waals surface area (Å²) in [5.74, 6) is 0.432. The summed E-state index contributed by atoms with van der Waals surface area (Å²) in [6.45, 7) is 6.38. The van der Waals surface area contributed by atoms with Gasteiger partial charge in [-0.05, 0) is 20.9 Å². The molecule has 1 N–H and O–H groups in total. The third-order valence-corrected chi connectivity index (χ3v) is 5.36. The second-order valence-corrected chi connectivity index (χ2v) is 7.15. The van der Waals surface area contributed by atoms with Gasteiger partial charge < -0.3 is 14.8 Å². The van der Waals surface area contributed by atoms with Crippen molar-refractivity contribution in [3.63, 3.8) is 0 Å². The Morgan fingerprint density at radius 1 is 1.24 bits per heavy atom. The number of likely N-dealkylation sites (tertiary alicyclic amines) is 1. The first kappa shape index (κ1) is 16.2. The van der Waals surface area contributed by atoms with Gasteiger partial charge in [-0.1, -0.05) is 0 Å². The lowest BCUT2D eigenvalue weighted by Gasteiger charge is -2.25. The van der Waals surface area contributed by atoms with E-state index in [9.17, 15) is 0 Å². The van der Waals surface area contributed by atoms with Crippen molar-refractivity contribution in [1.82, 2.24) is 34.4 Å². The minimum atomic E-state index is 0.202. The molecule has 7 heteroatoms. The maximum atomic E-state index is 4.53. The van der Waals surface area contributed by atoms with Gasteiger partial charge in [0.25, 0.3) is 0 Å². The van der Waals surface area contributed by atoms with Gasteiger partial charge in [0.15, 0.2) is 5.65 Å². The first-order valence-corrected chi connectivity index (χ1v) is 8.74. The van der Waals surface area contributed by atoms with Crippen molar-refractivity contribution in [2.45, 2.75) is 31.8 Å². The number of hydrogen-bond acceptors (Lipinski definition) is 5. The molecule has 0 amide bonds. The summed E-state index contributed by atoms with van der Waals surface area (Å²) in [5, 5.41) is 8.20. The number of imidazole rings is 1. The zero-order valence-electron chi connectivity index (χ0n) is 15.2. The molecule has 132 valence electrons. The van der Waals surface area contributed by atoms with Crippen LogP contribution in [0.2, 0.25) is 0 Å². The molecule has 4 heterocycles. The van der Waals surface area contributed by atoms with Crippen LogP contribution in [0.15, 0.2) is 31.0 Å². The second kappa shape index (κ2) is 6.24. The lowest BCUT2D eigenvalue weighted by atomic mass is 9.98. The Bertz CT molecular complexity index is 881. The van der Waals surface area contributed by atoms with Crippen LogP contribution in [0.4, 0.5) is 0 Å². The van der Waals surface area contributed by atoms with Crippen LogP contribution in [0.5, 0.6) is 0 Å². The number of likely N-dealkylation sites (N-methyl/N-ethyl adjacent to an activating group) is 1. The van der Waals surface area contributed by atoms with Crippen LogP contribution in [-0.2, 0) is 7.05 Å². The Morgan fingerprint density at radius 3 is 2.84 bits per heavy atom. The predicted molar refractivity (Wildman–Crippen MR) is 96.5 cm³/mol. The molecule has 0 spiro atoms. The highest BCUT2D eigenvalue weighted by Crippen LogP contribution is 2.29. The molecule has 1 saturated heterocycles. The summed E-state index contributed by atoms with van der Waals surface area (Å²) in [7, 11) is 4.25. The standard InChI is InChI=1S/C18H25N7/c1-12(14-7-20-18-5-6-21-25(18)13(14)2)22-16-10-23(3)9-15(16)17-8-19-11-24(17)4/h5-8,11-12,15-16,22H,9-10H2,1-4H3/t12?,15-,16-/m1/s1. The van der Waals surface area contributed by atoms with Crippen LogP contribution in [0, 0.1) is 6.92 Å². The van der Waals surface area contributed by atoms with Crippen LogP contribution in [0.25, 0.3) is 5.65 Å². The van der Waals surface area contributed by atoms with Crippen molar-refractivity contribution in [3.05, 3.63) is 47.9 Å². The molecule has 0 aliphatic carbocycles. The van der Waals surface area contributed by atoms with E-state index in [4.69, 9.17) is 0 Å². The van der Waals surface area contributed by atoms with Crippen molar-refractivity contribution in [2.75, 3.05) is 20.1 Å². The molecule has 25 heavy (non-hydrogen) atoms. The van der Waals surface area contributed by atoms with Crippen LogP contribution in [0.1, 0.15) is 35.8 Å². The number of hydrogen-bond donors (Lipinski definition) is 1. The molecule has 0 radical (unpaired) electrons. The summed E-state index contributed by atoms with van der Waals surface area (Å²) < 4.78 is 4.04. The van der Waals surface area contributed by atoms with E-state index in [1.54, 1.807) is 6.20 Å². The molecule has 0 aromatic carbocycles. The summed E-state index contributed by atoms with van der Waals surface area (Å²) >= 11 is 0. The predicted octanol–water partition coefficient (Wildman–Crippen LogP) is 1.52. The van der Waals surface area contributed by atoms with E-state index in [0.717, 1.165) is 24.4 Å². The third kappa shape index (κ3) is 2.83. The second-order valence-electron chi connectivity index (χ2n) is 7.15. The molecule has 0 bridgehead atoms. The van der Waals surface area contributed by atoms with Gasteiger partial charge in [-0.2, -0.15) is 5.10 Å². The zero-order valence-corrected chi connectivity index (χ0v) is 15.2. The minimum Gasteiger partial charge on any atom is -0.337 e. The minimum absolute atomic E-state index is 0.202. The molecule has 3 aromatic rings. The van der Waals surface area contributed by atoms with Crippen LogP contribution in [-0.4, -0.2) is 55.2 Å². The topological polar surface area (TPSA) is 63.3 Å². The Labute approximate surface area is 147 Å². The lowest BCUT2D eigenvalue weighted by Crippen LogP contribution is -2.37. The van der Waals surface area contributed by atoms with Gasteiger partial charge in [0.05, 0.1) is 12.5 Å². The monoisotopic (exact) mass is 339 g/mol. The van der Waals surface area contributed by atoms with Gasteiger partial charge in [-0.3, -0.25) is 0 Å². The van der Waals surface area contributed by atoms with Crippen LogP contribution < -0.4 is 5.32 Å². The first-order chi connectivity index (χ1) is 12.0. The Kier molecular flexibility index (Phi) is 4.05. The number of rotatable bonds is 4. The van der Waals surface area contributed by atoms with Crippen molar-refractivity contribution < 1.29 is 0 Å². The van der Waals surface area contributed by atoms with Crippen molar-refractivity contribution in [1.29, 1.82) is 0 Å². The van der Waals surface area contributed by atoms with Gasteiger partial charge in [0.1, 0.15) is 0 Å². The molecule has 0 saturated carbocycles. The molecule has 3 aromatic heterocycles. The summed E-state index contributed by atoms with van der Waals surface area (Å²) in [5.41, 5.74) is 4.50. The fourth-order valence-electron chi connectivity index (χ4n) is 4.03.